The van der Waals surface area contributed by atoms with E-state index in [4.69, 9.17) is 16.3 Å². The lowest BCUT2D eigenvalue weighted by Gasteiger charge is -2.31. The third kappa shape index (κ3) is 4.37. The van der Waals surface area contributed by atoms with Crippen molar-refractivity contribution < 1.29 is 14.6 Å². The summed E-state index contributed by atoms with van der Waals surface area (Å²) in [6.07, 6.45) is 4.40. The largest absolute Gasteiger partial charge is 0.465 e. The lowest BCUT2D eigenvalue weighted by molar-refractivity contribution is 0.0606. The van der Waals surface area contributed by atoms with E-state index >= 15 is 0 Å². The minimum Gasteiger partial charge on any atom is -0.465 e. The molecule has 1 aliphatic rings. The monoisotopic (exact) mass is 394 g/mol. The van der Waals surface area contributed by atoms with Gasteiger partial charge in [0.1, 0.15) is 0 Å². The molecule has 0 radical (unpaired) electrons. The van der Waals surface area contributed by atoms with Crippen molar-refractivity contribution in [3.05, 3.63) is 45.9 Å². The standard InChI is InChI=1S/C19H23ClN2O3S/c1-25-18(24)16-17(20)21-19(26-16)22-11-7-3-6-10-14(22)12-15(23)13-8-4-2-5-9-13/h2,4-5,8-9,14-15,23H,3,6-7,10-12H2,1H3. The summed E-state index contributed by atoms with van der Waals surface area (Å²) in [5.41, 5.74) is 0.920. The second kappa shape index (κ2) is 8.84. The first-order valence-electron chi connectivity index (χ1n) is 8.84. The van der Waals surface area contributed by atoms with Crippen molar-refractivity contribution in [3.63, 3.8) is 0 Å². The van der Waals surface area contributed by atoms with Crippen LogP contribution in [0.1, 0.15) is 53.4 Å². The molecule has 1 saturated heterocycles. The molecular formula is C19H23ClN2O3S. The summed E-state index contributed by atoms with van der Waals surface area (Å²) in [5, 5.41) is 11.6. The summed E-state index contributed by atoms with van der Waals surface area (Å²) in [6, 6.07) is 9.86. The summed E-state index contributed by atoms with van der Waals surface area (Å²) in [4.78, 5) is 18.8. The van der Waals surface area contributed by atoms with E-state index in [1.54, 1.807) is 0 Å². The Morgan fingerprint density at radius 3 is 2.88 bits per heavy atom. The summed E-state index contributed by atoms with van der Waals surface area (Å²) < 4.78 is 4.78. The summed E-state index contributed by atoms with van der Waals surface area (Å²) >= 11 is 7.41. The van der Waals surface area contributed by atoms with E-state index in [0.717, 1.165) is 42.9 Å². The van der Waals surface area contributed by atoms with Gasteiger partial charge in [-0.3, -0.25) is 0 Å². The highest BCUT2D eigenvalue weighted by Crippen LogP contribution is 2.35. The van der Waals surface area contributed by atoms with Crippen LogP contribution in [0.3, 0.4) is 0 Å². The molecule has 0 bridgehead atoms. The molecule has 2 aromatic rings. The van der Waals surface area contributed by atoms with Gasteiger partial charge in [0.05, 0.1) is 13.2 Å². The molecule has 140 valence electrons. The Kier molecular flexibility index (Phi) is 6.51. The third-order valence-electron chi connectivity index (χ3n) is 4.75. The average Bonchev–Trinajstić information content (AvgIpc) is 2.89. The fourth-order valence-corrected chi connectivity index (χ4v) is 4.67. The van der Waals surface area contributed by atoms with Crippen LogP contribution in [0, 0.1) is 0 Å². The van der Waals surface area contributed by atoms with Crippen LogP contribution >= 0.6 is 22.9 Å². The zero-order chi connectivity index (χ0) is 18.5. The average molecular weight is 395 g/mol. The second-order valence-corrected chi connectivity index (χ2v) is 7.80. The quantitative estimate of drug-likeness (QED) is 0.759. The number of rotatable bonds is 5. The highest BCUT2D eigenvalue weighted by atomic mass is 35.5. The van der Waals surface area contributed by atoms with Gasteiger partial charge in [0.2, 0.25) is 0 Å². The number of esters is 1. The number of nitrogens with zero attached hydrogens (tertiary/aromatic N) is 2. The lowest BCUT2D eigenvalue weighted by Crippen LogP contribution is -2.36. The zero-order valence-electron chi connectivity index (χ0n) is 14.7. The van der Waals surface area contributed by atoms with Gasteiger partial charge in [-0.05, 0) is 24.8 Å². The summed E-state index contributed by atoms with van der Waals surface area (Å²) in [5.74, 6) is -0.463. The van der Waals surface area contributed by atoms with E-state index in [9.17, 15) is 9.90 Å². The fourth-order valence-electron chi connectivity index (χ4n) is 3.38. The van der Waals surface area contributed by atoms with Crippen LogP contribution in [0.25, 0.3) is 0 Å². The van der Waals surface area contributed by atoms with Crippen LogP contribution in [-0.2, 0) is 4.74 Å². The molecule has 5 nitrogen and oxygen atoms in total. The molecular weight excluding hydrogens is 372 g/mol. The van der Waals surface area contributed by atoms with Gasteiger partial charge in [0, 0.05) is 12.6 Å². The minimum absolute atomic E-state index is 0.153. The zero-order valence-corrected chi connectivity index (χ0v) is 16.3. The number of carbonyl (C=O) groups is 1. The molecule has 1 aromatic carbocycles. The molecule has 26 heavy (non-hydrogen) atoms. The van der Waals surface area contributed by atoms with Gasteiger partial charge in [0.15, 0.2) is 15.2 Å². The number of carbonyl (C=O) groups excluding carboxylic acids is 1. The number of halogens is 1. The van der Waals surface area contributed by atoms with Crippen LogP contribution in [0.5, 0.6) is 0 Å². The summed E-state index contributed by atoms with van der Waals surface area (Å²) in [7, 11) is 1.34. The number of hydrogen-bond donors (Lipinski definition) is 1. The molecule has 1 fully saturated rings. The van der Waals surface area contributed by atoms with Crippen molar-refractivity contribution in [1.82, 2.24) is 4.98 Å². The smallest absolute Gasteiger partial charge is 0.351 e. The molecule has 3 rings (SSSR count). The Balaban J connectivity index is 1.82. The van der Waals surface area contributed by atoms with Crippen LogP contribution in [0.4, 0.5) is 5.13 Å². The van der Waals surface area contributed by atoms with E-state index in [1.807, 2.05) is 30.3 Å². The van der Waals surface area contributed by atoms with E-state index in [1.165, 1.54) is 18.4 Å². The number of benzene rings is 1. The normalized spacial score (nSPS) is 19.0. The maximum absolute atomic E-state index is 11.8. The molecule has 0 amide bonds. The van der Waals surface area contributed by atoms with Crippen molar-refractivity contribution in [2.75, 3.05) is 18.6 Å². The highest BCUT2D eigenvalue weighted by molar-refractivity contribution is 7.18. The van der Waals surface area contributed by atoms with Crippen molar-refractivity contribution in [2.45, 2.75) is 44.2 Å². The van der Waals surface area contributed by atoms with E-state index < -0.39 is 12.1 Å². The molecule has 1 N–H and O–H groups in total. The Hall–Kier alpha value is -1.63. The van der Waals surface area contributed by atoms with Crippen LogP contribution in [-0.4, -0.2) is 35.8 Å². The molecule has 2 heterocycles. The predicted molar refractivity (Wildman–Crippen MR) is 104 cm³/mol. The Labute approximate surface area is 162 Å². The lowest BCUT2D eigenvalue weighted by atomic mass is 9.98. The molecule has 0 saturated carbocycles. The minimum atomic E-state index is -0.530. The third-order valence-corrected chi connectivity index (χ3v) is 6.21. The van der Waals surface area contributed by atoms with Gasteiger partial charge in [-0.15, -0.1) is 0 Å². The molecule has 2 unspecified atom stereocenters. The highest BCUT2D eigenvalue weighted by Gasteiger charge is 2.28. The van der Waals surface area contributed by atoms with Gasteiger partial charge >= 0.3 is 5.97 Å². The number of methoxy groups -OCH3 is 1. The van der Waals surface area contributed by atoms with E-state index in [-0.39, 0.29) is 11.2 Å². The Morgan fingerprint density at radius 1 is 1.38 bits per heavy atom. The van der Waals surface area contributed by atoms with E-state index in [2.05, 4.69) is 9.88 Å². The number of anilines is 1. The molecule has 1 aromatic heterocycles. The molecule has 2 atom stereocenters. The van der Waals surface area contributed by atoms with Gasteiger partial charge in [-0.2, -0.15) is 0 Å². The first-order chi connectivity index (χ1) is 12.6. The first kappa shape index (κ1) is 19.1. The number of aliphatic hydroxyl groups excluding tert-OH is 1. The first-order valence-corrected chi connectivity index (χ1v) is 10.0. The number of aromatic nitrogens is 1. The van der Waals surface area contributed by atoms with Crippen molar-refractivity contribution in [2.24, 2.45) is 0 Å². The molecule has 0 spiro atoms. The topological polar surface area (TPSA) is 62.7 Å². The maximum atomic E-state index is 11.8. The van der Waals surface area contributed by atoms with Gasteiger partial charge < -0.3 is 14.7 Å². The number of hydrogen-bond acceptors (Lipinski definition) is 6. The van der Waals surface area contributed by atoms with Crippen molar-refractivity contribution in [3.8, 4) is 0 Å². The van der Waals surface area contributed by atoms with Gasteiger partial charge in [-0.1, -0.05) is 66.1 Å². The SMILES string of the molecule is COC(=O)c1sc(N2CCCCCC2CC(O)c2ccccc2)nc1Cl. The van der Waals surface area contributed by atoms with E-state index in [0.29, 0.717) is 11.3 Å². The Morgan fingerprint density at radius 2 is 2.15 bits per heavy atom. The van der Waals surface area contributed by atoms with Gasteiger partial charge in [-0.25, -0.2) is 9.78 Å². The molecule has 1 aliphatic heterocycles. The number of aliphatic hydroxyl groups is 1. The number of ether oxygens (including phenoxy) is 1. The second-order valence-electron chi connectivity index (χ2n) is 6.47. The van der Waals surface area contributed by atoms with Crippen molar-refractivity contribution in [1.29, 1.82) is 0 Å². The van der Waals surface area contributed by atoms with Crippen molar-refractivity contribution >= 4 is 34.0 Å². The van der Waals surface area contributed by atoms with Gasteiger partial charge in [0.25, 0.3) is 0 Å². The molecule has 0 aliphatic carbocycles. The van der Waals surface area contributed by atoms with Crippen LogP contribution in [0.2, 0.25) is 5.15 Å². The van der Waals surface area contributed by atoms with Crippen LogP contribution in [0.15, 0.2) is 30.3 Å². The Bertz CT molecular complexity index is 738. The fraction of sp³-hybridized carbons (Fsp3) is 0.474. The van der Waals surface area contributed by atoms with Crippen LogP contribution < -0.4 is 4.90 Å². The summed E-state index contributed by atoms with van der Waals surface area (Å²) in [6.45, 7) is 0.844. The number of thiazole rings is 1. The molecule has 7 heteroatoms. The predicted octanol–water partition coefficient (Wildman–Crippen LogP) is 4.46. The maximum Gasteiger partial charge on any atom is 0.351 e.